The molecule has 1 aliphatic heterocycles. The van der Waals surface area contributed by atoms with Gasteiger partial charge in [0, 0.05) is 12.6 Å². The first-order valence-corrected chi connectivity index (χ1v) is 9.18. The largest absolute Gasteiger partial charge is 0.457 e. The normalized spacial score (nSPS) is 19.9. The van der Waals surface area contributed by atoms with Gasteiger partial charge in [-0.3, -0.25) is 0 Å². The van der Waals surface area contributed by atoms with Gasteiger partial charge < -0.3 is 10.1 Å². The molecule has 1 fully saturated rings. The van der Waals surface area contributed by atoms with Crippen LogP contribution in [0.15, 0.2) is 54.6 Å². The van der Waals surface area contributed by atoms with E-state index >= 15 is 0 Å². The summed E-state index contributed by atoms with van der Waals surface area (Å²) in [4.78, 5) is 0. The van der Waals surface area contributed by atoms with E-state index in [9.17, 15) is 8.42 Å². The first-order chi connectivity index (χ1) is 10.6. The molecule has 1 saturated heterocycles. The van der Waals surface area contributed by atoms with Gasteiger partial charge in [-0.05, 0) is 36.2 Å². The number of rotatable bonds is 5. The Kier molecular flexibility index (Phi) is 4.45. The number of sulfone groups is 1. The van der Waals surface area contributed by atoms with Gasteiger partial charge in [0.05, 0.1) is 11.5 Å². The van der Waals surface area contributed by atoms with Crippen molar-refractivity contribution in [3.63, 3.8) is 0 Å². The van der Waals surface area contributed by atoms with E-state index in [0.717, 1.165) is 17.1 Å². The average Bonchev–Trinajstić information content (AvgIpc) is 2.86. The third kappa shape index (κ3) is 4.08. The smallest absolute Gasteiger partial charge is 0.151 e. The number of hydrogen-bond acceptors (Lipinski definition) is 4. The molecule has 116 valence electrons. The van der Waals surface area contributed by atoms with Gasteiger partial charge in [0.1, 0.15) is 11.5 Å². The Hall–Kier alpha value is -1.85. The summed E-state index contributed by atoms with van der Waals surface area (Å²) in [7, 11) is -2.84. The van der Waals surface area contributed by atoms with Crippen LogP contribution in [0.4, 0.5) is 0 Å². The van der Waals surface area contributed by atoms with Crippen molar-refractivity contribution >= 4 is 9.84 Å². The molecule has 1 aliphatic rings. The van der Waals surface area contributed by atoms with Crippen LogP contribution in [0.2, 0.25) is 0 Å². The molecule has 0 aromatic heterocycles. The van der Waals surface area contributed by atoms with Crippen molar-refractivity contribution in [2.24, 2.45) is 0 Å². The minimum Gasteiger partial charge on any atom is -0.457 e. The number of hydrogen-bond donors (Lipinski definition) is 1. The van der Waals surface area contributed by atoms with E-state index in [2.05, 4.69) is 5.32 Å². The van der Waals surface area contributed by atoms with Crippen LogP contribution in [0.25, 0.3) is 0 Å². The van der Waals surface area contributed by atoms with E-state index in [1.165, 1.54) is 0 Å². The van der Waals surface area contributed by atoms with Gasteiger partial charge in [-0.15, -0.1) is 0 Å². The molecule has 4 nitrogen and oxygen atoms in total. The van der Waals surface area contributed by atoms with Crippen molar-refractivity contribution in [3.05, 3.63) is 60.2 Å². The fraction of sp³-hybridized carbons (Fsp3) is 0.294. The zero-order valence-corrected chi connectivity index (χ0v) is 13.1. The topological polar surface area (TPSA) is 55.4 Å². The molecule has 22 heavy (non-hydrogen) atoms. The number of para-hydroxylation sites is 1. The summed E-state index contributed by atoms with van der Waals surface area (Å²) >= 11 is 0. The van der Waals surface area contributed by atoms with Gasteiger partial charge >= 0.3 is 0 Å². The Morgan fingerprint density at radius 3 is 2.55 bits per heavy atom. The zero-order valence-electron chi connectivity index (χ0n) is 12.2. The first-order valence-electron chi connectivity index (χ1n) is 7.36. The van der Waals surface area contributed by atoms with Gasteiger partial charge in [0.15, 0.2) is 9.84 Å². The molecule has 0 unspecified atom stereocenters. The number of ether oxygens (including phenoxy) is 1. The summed E-state index contributed by atoms with van der Waals surface area (Å²) in [5.41, 5.74) is 1.08. The van der Waals surface area contributed by atoms with Crippen LogP contribution in [0, 0.1) is 0 Å². The predicted molar refractivity (Wildman–Crippen MR) is 86.9 cm³/mol. The monoisotopic (exact) mass is 317 g/mol. The van der Waals surface area contributed by atoms with Gasteiger partial charge in [0.2, 0.25) is 0 Å². The molecule has 0 aliphatic carbocycles. The molecule has 2 aromatic carbocycles. The average molecular weight is 317 g/mol. The maximum Gasteiger partial charge on any atom is 0.151 e. The van der Waals surface area contributed by atoms with Gasteiger partial charge in [0.25, 0.3) is 0 Å². The lowest BCUT2D eigenvalue weighted by atomic mass is 10.2. The lowest BCUT2D eigenvalue weighted by Crippen LogP contribution is -2.29. The minimum atomic E-state index is -2.84. The van der Waals surface area contributed by atoms with Crippen molar-refractivity contribution in [1.82, 2.24) is 5.32 Å². The van der Waals surface area contributed by atoms with Gasteiger partial charge in [-0.2, -0.15) is 0 Å². The maximum atomic E-state index is 11.4. The molecule has 1 N–H and O–H groups in total. The molecule has 0 bridgehead atoms. The van der Waals surface area contributed by atoms with Crippen molar-refractivity contribution in [2.75, 3.05) is 11.5 Å². The van der Waals surface area contributed by atoms with Crippen molar-refractivity contribution in [2.45, 2.75) is 19.0 Å². The van der Waals surface area contributed by atoms with Crippen molar-refractivity contribution < 1.29 is 13.2 Å². The lowest BCUT2D eigenvalue weighted by molar-refractivity contribution is 0.480. The minimum absolute atomic E-state index is 0.0590. The second-order valence-electron chi connectivity index (χ2n) is 5.54. The van der Waals surface area contributed by atoms with E-state index in [0.29, 0.717) is 18.7 Å². The standard InChI is InChI=1S/C17H19NO3S/c19-22(20)10-9-15(13-22)18-12-14-5-4-8-17(11-14)21-16-6-2-1-3-7-16/h1-8,11,15,18H,9-10,12-13H2/t15-/m1/s1. The van der Waals surface area contributed by atoms with Crippen LogP contribution >= 0.6 is 0 Å². The highest BCUT2D eigenvalue weighted by Gasteiger charge is 2.27. The third-order valence-electron chi connectivity index (χ3n) is 3.70. The van der Waals surface area contributed by atoms with Crippen LogP contribution in [-0.4, -0.2) is 26.0 Å². The van der Waals surface area contributed by atoms with Crippen molar-refractivity contribution in [3.8, 4) is 11.5 Å². The zero-order chi connectivity index (χ0) is 15.4. The van der Waals surface area contributed by atoms with Gasteiger partial charge in [-0.1, -0.05) is 30.3 Å². The van der Waals surface area contributed by atoms with E-state index in [1.54, 1.807) is 0 Å². The Morgan fingerprint density at radius 1 is 1.05 bits per heavy atom. The van der Waals surface area contributed by atoms with Crippen LogP contribution < -0.4 is 10.1 Å². The second kappa shape index (κ2) is 6.50. The summed E-state index contributed by atoms with van der Waals surface area (Å²) in [6.07, 6.45) is 0.697. The van der Waals surface area contributed by atoms with Gasteiger partial charge in [-0.25, -0.2) is 8.42 Å². The molecule has 0 radical (unpaired) electrons. The number of benzene rings is 2. The molecular weight excluding hydrogens is 298 g/mol. The highest BCUT2D eigenvalue weighted by molar-refractivity contribution is 7.91. The fourth-order valence-electron chi connectivity index (χ4n) is 2.56. The molecule has 0 spiro atoms. The summed E-state index contributed by atoms with van der Waals surface area (Å²) < 4.78 is 28.7. The van der Waals surface area contributed by atoms with Crippen molar-refractivity contribution in [1.29, 1.82) is 0 Å². The Labute approximate surface area is 131 Å². The number of nitrogens with one attached hydrogen (secondary N) is 1. The molecule has 0 saturated carbocycles. The third-order valence-corrected chi connectivity index (χ3v) is 5.47. The molecule has 1 atom stereocenters. The SMILES string of the molecule is O=S1(=O)CC[C@@H](NCc2cccc(Oc3ccccc3)c2)C1. The predicted octanol–water partition coefficient (Wildman–Crippen LogP) is 2.76. The van der Waals surface area contributed by atoms with Crippen LogP contribution in [0.5, 0.6) is 11.5 Å². The first kappa shape index (κ1) is 15.1. The summed E-state index contributed by atoms with van der Waals surface area (Å²) in [6, 6.07) is 17.5. The van der Waals surface area contributed by atoms with E-state index in [4.69, 9.17) is 4.74 Å². The summed E-state index contributed by atoms with van der Waals surface area (Å²) in [5.74, 6) is 2.12. The van der Waals surface area contributed by atoms with E-state index < -0.39 is 9.84 Å². The summed E-state index contributed by atoms with van der Waals surface area (Å²) in [5, 5.41) is 3.31. The van der Waals surface area contributed by atoms with Crippen LogP contribution in [0.1, 0.15) is 12.0 Å². The van der Waals surface area contributed by atoms with E-state index in [1.807, 2.05) is 54.6 Å². The molecule has 5 heteroatoms. The Morgan fingerprint density at radius 2 is 1.82 bits per heavy atom. The molecule has 2 aromatic rings. The quantitative estimate of drug-likeness (QED) is 0.921. The maximum absolute atomic E-state index is 11.4. The fourth-order valence-corrected chi connectivity index (χ4v) is 4.27. The Balaban J connectivity index is 1.60. The molecule has 1 heterocycles. The van der Waals surface area contributed by atoms with Crippen LogP contribution in [-0.2, 0) is 16.4 Å². The molecular formula is C17H19NO3S. The summed E-state index contributed by atoms with van der Waals surface area (Å²) in [6.45, 7) is 0.645. The Bertz CT molecular complexity index is 729. The lowest BCUT2D eigenvalue weighted by Gasteiger charge is -2.12. The molecule has 3 rings (SSSR count). The highest BCUT2D eigenvalue weighted by atomic mass is 32.2. The highest BCUT2D eigenvalue weighted by Crippen LogP contribution is 2.22. The van der Waals surface area contributed by atoms with Crippen LogP contribution in [0.3, 0.4) is 0 Å². The second-order valence-corrected chi connectivity index (χ2v) is 7.77. The molecule has 0 amide bonds. The van der Waals surface area contributed by atoms with E-state index in [-0.39, 0.29) is 11.8 Å².